The molecule has 0 radical (unpaired) electrons. The summed E-state index contributed by atoms with van der Waals surface area (Å²) < 4.78 is 0. The van der Waals surface area contributed by atoms with E-state index in [-0.39, 0.29) is 5.41 Å². The van der Waals surface area contributed by atoms with Gasteiger partial charge in [0.05, 0.1) is 0 Å². The van der Waals surface area contributed by atoms with E-state index in [1.165, 1.54) is 5.56 Å². The molecule has 108 valence electrons. The molecule has 0 atom stereocenters. The average molecular weight is 272 g/mol. The zero-order valence-corrected chi connectivity index (χ0v) is 12.9. The molecule has 0 aliphatic carbocycles. The molecule has 0 unspecified atom stereocenters. The van der Waals surface area contributed by atoms with Crippen LogP contribution >= 0.6 is 0 Å². The smallest absolute Gasteiger partial charge is 0.119 e. The third-order valence-electron chi connectivity index (χ3n) is 3.06. The van der Waals surface area contributed by atoms with Crippen LogP contribution in [0.4, 0.5) is 0 Å². The van der Waals surface area contributed by atoms with E-state index in [1.54, 1.807) is 12.1 Å². The Bertz CT molecular complexity index is 566. The normalized spacial score (nSPS) is 10.7. The van der Waals surface area contributed by atoms with E-state index in [4.69, 9.17) is 5.11 Å². The minimum Gasteiger partial charge on any atom is -0.508 e. The highest BCUT2D eigenvalue weighted by Crippen LogP contribution is 2.29. The van der Waals surface area contributed by atoms with Gasteiger partial charge in [-0.05, 0) is 42.5 Å². The monoisotopic (exact) mass is 272 g/mol. The molecule has 0 heterocycles. The summed E-state index contributed by atoms with van der Waals surface area (Å²) in [5.74, 6) is 0.764. The molecule has 2 aromatic rings. The molecule has 0 saturated carbocycles. The molecule has 2 aromatic carbocycles. The number of benzene rings is 2. The van der Waals surface area contributed by atoms with Crippen molar-refractivity contribution in [1.82, 2.24) is 0 Å². The first-order valence-corrected chi connectivity index (χ1v) is 6.76. The third-order valence-corrected chi connectivity index (χ3v) is 3.06. The first-order valence-electron chi connectivity index (χ1n) is 6.76. The Labute approximate surface area is 121 Å². The van der Waals surface area contributed by atoms with Gasteiger partial charge in [-0.1, -0.05) is 56.7 Å². The summed E-state index contributed by atoms with van der Waals surface area (Å²) in [6, 6.07) is 13.0. The maximum atomic E-state index is 9.45. The molecule has 2 nitrogen and oxygen atoms in total. The maximum Gasteiger partial charge on any atom is 0.119 e. The lowest BCUT2D eigenvalue weighted by molar-refractivity contribution is 0.447. The van der Waals surface area contributed by atoms with E-state index in [1.807, 2.05) is 44.2 Å². The number of para-hydroxylation sites is 1. The second-order valence-corrected chi connectivity index (χ2v) is 6.06. The Hall–Kier alpha value is -1.96. The second-order valence-electron chi connectivity index (χ2n) is 6.06. The van der Waals surface area contributed by atoms with Crippen LogP contribution in [0.1, 0.15) is 37.5 Å². The van der Waals surface area contributed by atoms with Gasteiger partial charge in [-0.3, -0.25) is 0 Å². The largest absolute Gasteiger partial charge is 0.508 e. The first kappa shape index (κ1) is 16.1. The Kier molecular flexibility index (Phi) is 5.20. The molecule has 0 aliphatic rings. The molecule has 20 heavy (non-hydrogen) atoms. The fraction of sp³-hybridized carbons (Fsp3) is 0.333. The average Bonchev–Trinajstić information content (AvgIpc) is 2.34. The lowest BCUT2D eigenvalue weighted by Crippen LogP contribution is -2.10. The molecule has 2 heteroatoms. The van der Waals surface area contributed by atoms with Gasteiger partial charge in [0.2, 0.25) is 0 Å². The van der Waals surface area contributed by atoms with Crippen LogP contribution in [-0.4, -0.2) is 10.2 Å². The van der Waals surface area contributed by atoms with Crippen molar-refractivity contribution in [3.63, 3.8) is 0 Å². The number of aromatic hydroxyl groups is 2. The van der Waals surface area contributed by atoms with E-state index in [9.17, 15) is 5.11 Å². The van der Waals surface area contributed by atoms with Crippen molar-refractivity contribution >= 4 is 0 Å². The molecule has 0 aliphatic heterocycles. The molecular formula is C18H24O2. The predicted molar refractivity (Wildman–Crippen MR) is 84.4 cm³/mol. The zero-order chi connectivity index (χ0) is 15.3. The lowest BCUT2D eigenvalue weighted by atomic mass is 9.86. The number of aryl methyl sites for hydroxylation is 2. The number of phenolic OH excluding ortho intramolecular Hbond substituents is 2. The first-order chi connectivity index (χ1) is 9.21. The van der Waals surface area contributed by atoms with E-state index >= 15 is 0 Å². The minimum atomic E-state index is 0.0331. The zero-order valence-electron chi connectivity index (χ0n) is 12.9. The van der Waals surface area contributed by atoms with Crippen molar-refractivity contribution in [1.29, 1.82) is 0 Å². The van der Waals surface area contributed by atoms with Gasteiger partial charge in [-0.25, -0.2) is 0 Å². The van der Waals surface area contributed by atoms with Gasteiger partial charge in [0.15, 0.2) is 0 Å². The summed E-state index contributed by atoms with van der Waals surface area (Å²) in [6.45, 7) is 10.2. The summed E-state index contributed by atoms with van der Waals surface area (Å²) in [5, 5.41) is 18.5. The van der Waals surface area contributed by atoms with Crippen LogP contribution in [0.25, 0.3) is 0 Å². The highest BCUT2D eigenvalue weighted by atomic mass is 16.3. The molecule has 0 spiro atoms. The van der Waals surface area contributed by atoms with Crippen molar-refractivity contribution in [2.24, 2.45) is 0 Å². The standard InChI is InChI=1S/C10H14O.C8H10O/c1-10(2,3)8-6-4-5-7-9(8)11;1-6-3-4-8(9)7(2)5-6/h4-7,11H,1-3H3;3-5,9H,1-2H3. The molecular weight excluding hydrogens is 248 g/mol. The topological polar surface area (TPSA) is 40.5 Å². The summed E-state index contributed by atoms with van der Waals surface area (Å²) in [5.41, 5.74) is 3.16. The number of rotatable bonds is 0. The van der Waals surface area contributed by atoms with Crippen LogP contribution in [-0.2, 0) is 5.41 Å². The van der Waals surface area contributed by atoms with Crippen LogP contribution in [0.2, 0.25) is 0 Å². The van der Waals surface area contributed by atoms with Crippen molar-refractivity contribution in [2.45, 2.75) is 40.0 Å². The second kappa shape index (κ2) is 6.47. The van der Waals surface area contributed by atoms with Crippen LogP contribution < -0.4 is 0 Å². The Morgan fingerprint density at radius 3 is 1.80 bits per heavy atom. The fourth-order valence-electron chi connectivity index (χ4n) is 1.91. The fourth-order valence-corrected chi connectivity index (χ4v) is 1.91. The SMILES string of the molecule is CC(C)(C)c1ccccc1O.Cc1ccc(O)c(C)c1. The molecule has 2 N–H and O–H groups in total. The maximum absolute atomic E-state index is 9.45. The van der Waals surface area contributed by atoms with Gasteiger partial charge >= 0.3 is 0 Å². The number of phenols is 2. The van der Waals surface area contributed by atoms with Crippen molar-refractivity contribution < 1.29 is 10.2 Å². The molecule has 0 amide bonds. The third kappa shape index (κ3) is 4.61. The summed E-state index contributed by atoms with van der Waals surface area (Å²) in [6.07, 6.45) is 0. The van der Waals surface area contributed by atoms with Gasteiger partial charge in [0.25, 0.3) is 0 Å². The summed E-state index contributed by atoms with van der Waals surface area (Å²) >= 11 is 0. The van der Waals surface area contributed by atoms with Crippen LogP contribution in [0.15, 0.2) is 42.5 Å². The Morgan fingerprint density at radius 1 is 0.800 bits per heavy atom. The number of hydrogen-bond acceptors (Lipinski definition) is 2. The summed E-state index contributed by atoms with van der Waals surface area (Å²) in [4.78, 5) is 0. The van der Waals surface area contributed by atoms with E-state index in [2.05, 4.69) is 20.8 Å². The molecule has 2 rings (SSSR count). The lowest BCUT2D eigenvalue weighted by Gasteiger charge is -2.19. The number of hydrogen-bond donors (Lipinski definition) is 2. The minimum absolute atomic E-state index is 0.0331. The van der Waals surface area contributed by atoms with Crippen LogP contribution in [0.5, 0.6) is 11.5 Å². The van der Waals surface area contributed by atoms with Gasteiger partial charge in [-0.2, -0.15) is 0 Å². The van der Waals surface area contributed by atoms with Crippen LogP contribution in [0, 0.1) is 13.8 Å². The van der Waals surface area contributed by atoms with Crippen molar-refractivity contribution in [3.8, 4) is 11.5 Å². The molecule has 0 bridgehead atoms. The van der Waals surface area contributed by atoms with Gasteiger partial charge in [0.1, 0.15) is 11.5 Å². The molecule has 0 aromatic heterocycles. The van der Waals surface area contributed by atoms with Crippen molar-refractivity contribution in [2.75, 3.05) is 0 Å². The highest BCUT2D eigenvalue weighted by Gasteiger charge is 2.16. The molecule has 0 saturated heterocycles. The summed E-state index contributed by atoms with van der Waals surface area (Å²) in [7, 11) is 0. The van der Waals surface area contributed by atoms with Gasteiger partial charge in [-0.15, -0.1) is 0 Å². The van der Waals surface area contributed by atoms with Gasteiger partial charge in [0, 0.05) is 0 Å². The van der Waals surface area contributed by atoms with E-state index in [0.29, 0.717) is 11.5 Å². The predicted octanol–water partition coefficient (Wildman–Crippen LogP) is 4.70. The quantitative estimate of drug-likeness (QED) is 0.730. The molecule has 0 fully saturated rings. The highest BCUT2D eigenvalue weighted by molar-refractivity contribution is 5.36. The van der Waals surface area contributed by atoms with Crippen molar-refractivity contribution in [3.05, 3.63) is 59.2 Å². The van der Waals surface area contributed by atoms with Crippen LogP contribution in [0.3, 0.4) is 0 Å². The Balaban J connectivity index is 0.000000204. The van der Waals surface area contributed by atoms with Gasteiger partial charge < -0.3 is 10.2 Å². The van der Waals surface area contributed by atoms with E-state index in [0.717, 1.165) is 11.1 Å². The Morgan fingerprint density at radius 2 is 1.40 bits per heavy atom. The van der Waals surface area contributed by atoms with E-state index < -0.39 is 0 Å².